The van der Waals surface area contributed by atoms with Crippen LogP contribution in [0.5, 0.6) is 0 Å². The highest BCUT2D eigenvalue weighted by Crippen LogP contribution is 2.33. The second kappa shape index (κ2) is 7.14. The number of hydrogen-bond acceptors (Lipinski definition) is 4. The molecule has 0 aliphatic carbocycles. The average molecular weight is 363 g/mol. The van der Waals surface area contributed by atoms with Gasteiger partial charge in [0.25, 0.3) is 5.91 Å². The lowest BCUT2D eigenvalue weighted by atomic mass is 9.96. The number of rotatable bonds is 3. The number of nitrogens with zero attached hydrogens (tertiary/aromatic N) is 3. The molecule has 0 spiro atoms. The summed E-state index contributed by atoms with van der Waals surface area (Å²) in [4.78, 5) is 20.2. The lowest BCUT2D eigenvalue weighted by molar-refractivity contribution is 0.0604. The zero-order valence-corrected chi connectivity index (χ0v) is 16.2. The minimum atomic E-state index is -0.0263. The predicted octanol–water partition coefficient (Wildman–Crippen LogP) is 4.77. The summed E-state index contributed by atoms with van der Waals surface area (Å²) < 4.78 is 5.27. The van der Waals surface area contributed by atoms with E-state index >= 15 is 0 Å². The van der Waals surface area contributed by atoms with Crippen LogP contribution < -0.4 is 0 Å². The van der Waals surface area contributed by atoms with Gasteiger partial charge in [-0.1, -0.05) is 18.1 Å². The zero-order chi connectivity index (χ0) is 19.0. The van der Waals surface area contributed by atoms with Gasteiger partial charge in [0.05, 0.1) is 17.1 Å². The molecule has 0 N–H and O–H groups in total. The van der Waals surface area contributed by atoms with E-state index in [1.165, 1.54) is 5.56 Å². The molecular weight excluding hydrogens is 338 g/mol. The van der Waals surface area contributed by atoms with Crippen molar-refractivity contribution in [1.29, 1.82) is 0 Å². The third-order valence-electron chi connectivity index (χ3n) is 5.39. The molecule has 140 valence electrons. The van der Waals surface area contributed by atoms with Crippen LogP contribution in [0.25, 0.3) is 10.9 Å². The van der Waals surface area contributed by atoms with Crippen molar-refractivity contribution in [3.8, 4) is 0 Å². The van der Waals surface area contributed by atoms with Crippen molar-refractivity contribution < 1.29 is 9.32 Å². The van der Waals surface area contributed by atoms with Crippen molar-refractivity contribution in [2.45, 2.75) is 52.5 Å². The molecule has 3 heterocycles. The molecule has 2 aromatic heterocycles. The Hall–Kier alpha value is -2.69. The van der Waals surface area contributed by atoms with Crippen LogP contribution in [0, 0.1) is 13.8 Å². The Kier molecular flexibility index (Phi) is 4.68. The first-order valence-electron chi connectivity index (χ1n) is 9.71. The molecule has 1 aliphatic heterocycles. The van der Waals surface area contributed by atoms with Crippen molar-refractivity contribution in [1.82, 2.24) is 15.0 Å². The van der Waals surface area contributed by atoms with Crippen LogP contribution in [-0.2, 0) is 6.42 Å². The quantitative estimate of drug-likeness (QED) is 0.672. The van der Waals surface area contributed by atoms with Gasteiger partial charge in [-0.15, -0.1) is 0 Å². The summed E-state index contributed by atoms with van der Waals surface area (Å²) >= 11 is 0. The van der Waals surface area contributed by atoms with Crippen LogP contribution in [0.15, 0.2) is 34.9 Å². The topological polar surface area (TPSA) is 59.2 Å². The minimum absolute atomic E-state index is 0.0263. The molecule has 0 bridgehead atoms. The monoisotopic (exact) mass is 363 g/mol. The number of fused-ring (bicyclic) bond motifs is 1. The van der Waals surface area contributed by atoms with Gasteiger partial charge in [0.15, 0.2) is 0 Å². The number of pyridine rings is 1. The Morgan fingerprint density at radius 1 is 1.22 bits per heavy atom. The van der Waals surface area contributed by atoms with E-state index in [1.807, 2.05) is 36.9 Å². The molecule has 5 nitrogen and oxygen atoms in total. The Morgan fingerprint density at radius 2 is 2.07 bits per heavy atom. The Balaban J connectivity index is 1.78. The molecule has 0 radical (unpaired) electrons. The van der Waals surface area contributed by atoms with E-state index in [4.69, 9.17) is 4.52 Å². The molecule has 0 unspecified atom stereocenters. The molecule has 4 rings (SSSR count). The summed E-state index contributed by atoms with van der Waals surface area (Å²) in [6.07, 6.45) is 3.96. The van der Waals surface area contributed by atoms with Gasteiger partial charge in [-0.05, 0) is 63.3 Å². The summed E-state index contributed by atoms with van der Waals surface area (Å²) in [5.41, 5.74) is 4.54. The highest BCUT2D eigenvalue weighted by Gasteiger charge is 2.31. The second-order valence-corrected chi connectivity index (χ2v) is 7.39. The molecular formula is C22H25N3O2. The summed E-state index contributed by atoms with van der Waals surface area (Å²) in [6, 6.07) is 10.1. The molecule has 5 heteroatoms. The third kappa shape index (κ3) is 3.34. The maximum atomic E-state index is 13.6. The van der Waals surface area contributed by atoms with Crippen molar-refractivity contribution in [3.63, 3.8) is 0 Å². The summed E-state index contributed by atoms with van der Waals surface area (Å²) in [6.45, 7) is 6.69. The number of carbonyl (C=O) groups is 1. The van der Waals surface area contributed by atoms with E-state index in [0.29, 0.717) is 0 Å². The summed E-state index contributed by atoms with van der Waals surface area (Å²) in [7, 11) is 0. The number of aromatic nitrogens is 2. The Labute approximate surface area is 159 Å². The van der Waals surface area contributed by atoms with Crippen molar-refractivity contribution in [2.75, 3.05) is 6.54 Å². The molecule has 1 amide bonds. The zero-order valence-electron chi connectivity index (χ0n) is 16.2. The first-order valence-corrected chi connectivity index (χ1v) is 9.71. The van der Waals surface area contributed by atoms with Gasteiger partial charge in [0.1, 0.15) is 11.5 Å². The SMILES string of the molecule is CCc1ccc2nc(C)cc(C(=O)N3CCCC[C@@H]3c3cc(C)on3)c2c1. The summed E-state index contributed by atoms with van der Waals surface area (Å²) in [5, 5.41) is 5.13. The van der Waals surface area contributed by atoms with Crippen molar-refractivity contribution in [2.24, 2.45) is 0 Å². The standard InChI is InChI=1S/C22H25N3O2/c1-4-16-8-9-19-17(13-16)18(11-14(2)23-19)22(26)25-10-6-5-7-21(25)20-12-15(3)27-24-20/h8-9,11-13,21H,4-7,10H2,1-3H3/t21-/m1/s1. The van der Waals surface area contributed by atoms with E-state index in [-0.39, 0.29) is 11.9 Å². The number of amides is 1. The lowest BCUT2D eigenvalue weighted by Crippen LogP contribution is -2.38. The van der Waals surface area contributed by atoms with Gasteiger partial charge < -0.3 is 9.42 Å². The lowest BCUT2D eigenvalue weighted by Gasteiger charge is -2.34. The number of benzene rings is 1. The average Bonchev–Trinajstić information content (AvgIpc) is 3.12. The third-order valence-corrected chi connectivity index (χ3v) is 5.39. The largest absolute Gasteiger partial charge is 0.361 e. The summed E-state index contributed by atoms with van der Waals surface area (Å²) in [5.74, 6) is 0.838. The molecule has 0 saturated carbocycles. The molecule has 1 atom stereocenters. The van der Waals surface area contributed by atoms with E-state index in [9.17, 15) is 4.79 Å². The van der Waals surface area contributed by atoms with Gasteiger partial charge in [-0.2, -0.15) is 0 Å². The minimum Gasteiger partial charge on any atom is -0.361 e. The van der Waals surface area contributed by atoms with Gasteiger partial charge in [0, 0.05) is 23.7 Å². The van der Waals surface area contributed by atoms with Gasteiger partial charge in [0.2, 0.25) is 0 Å². The molecule has 1 fully saturated rings. The maximum absolute atomic E-state index is 13.6. The number of aryl methyl sites for hydroxylation is 3. The van der Waals surface area contributed by atoms with Gasteiger partial charge in [-0.25, -0.2) is 0 Å². The van der Waals surface area contributed by atoms with Gasteiger partial charge in [-0.3, -0.25) is 9.78 Å². The van der Waals surface area contributed by atoms with Crippen LogP contribution >= 0.6 is 0 Å². The molecule has 1 aliphatic rings. The number of piperidine rings is 1. The van der Waals surface area contributed by atoms with E-state index in [0.717, 1.165) is 65.8 Å². The van der Waals surface area contributed by atoms with E-state index in [1.54, 1.807) is 0 Å². The highest BCUT2D eigenvalue weighted by molar-refractivity contribution is 6.06. The fourth-order valence-electron chi connectivity index (χ4n) is 3.98. The molecule has 1 saturated heterocycles. The fraction of sp³-hybridized carbons (Fsp3) is 0.409. The molecule has 1 aromatic carbocycles. The van der Waals surface area contributed by atoms with Crippen LogP contribution in [0.1, 0.15) is 65.3 Å². The highest BCUT2D eigenvalue weighted by atomic mass is 16.5. The number of hydrogen-bond donors (Lipinski definition) is 0. The first kappa shape index (κ1) is 17.7. The normalized spacial score (nSPS) is 17.4. The van der Waals surface area contributed by atoms with Crippen LogP contribution in [0.3, 0.4) is 0 Å². The van der Waals surface area contributed by atoms with Crippen molar-refractivity contribution in [3.05, 3.63) is 58.6 Å². The number of carbonyl (C=O) groups excluding carboxylic acids is 1. The number of likely N-dealkylation sites (tertiary alicyclic amines) is 1. The second-order valence-electron chi connectivity index (χ2n) is 7.39. The Bertz CT molecular complexity index is 992. The maximum Gasteiger partial charge on any atom is 0.255 e. The predicted molar refractivity (Wildman–Crippen MR) is 105 cm³/mol. The van der Waals surface area contributed by atoms with Crippen LogP contribution in [0.2, 0.25) is 0 Å². The van der Waals surface area contributed by atoms with Crippen LogP contribution in [-0.4, -0.2) is 27.5 Å². The molecule has 27 heavy (non-hydrogen) atoms. The van der Waals surface area contributed by atoms with Crippen LogP contribution in [0.4, 0.5) is 0 Å². The Morgan fingerprint density at radius 3 is 2.81 bits per heavy atom. The fourth-order valence-corrected chi connectivity index (χ4v) is 3.98. The molecule has 3 aromatic rings. The van der Waals surface area contributed by atoms with Gasteiger partial charge >= 0.3 is 0 Å². The van der Waals surface area contributed by atoms with E-state index < -0.39 is 0 Å². The smallest absolute Gasteiger partial charge is 0.255 e. The van der Waals surface area contributed by atoms with Crippen molar-refractivity contribution >= 4 is 16.8 Å². The van der Waals surface area contributed by atoms with E-state index in [2.05, 4.69) is 29.2 Å². The first-order chi connectivity index (χ1) is 13.1.